The van der Waals surface area contributed by atoms with E-state index in [9.17, 15) is 9.59 Å². The van der Waals surface area contributed by atoms with Gasteiger partial charge in [-0.1, -0.05) is 0 Å². The molecule has 0 spiro atoms. The summed E-state index contributed by atoms with van der Waals surface area (Å²) in [6.07, 6.45) is 0. The van der Waals surface area contributed by atoms with Crippen LogP contribution in [0.5, 0.6) is 0 Å². The van der Waals surface area contributed by atoms with Gasteiger partial charge in [0.25, 0.3) is 5.56 Å². The third-order valence-corrected chi connectivity index (χ3v) is 3.23. The van der Waals surface area contributed by atoms with Crippen molar-refractivity contribution in [2.24, 2.45) is 0 Å². The number of carbonyl (C=O) groups excluding carboxylic acids is 1. The van der Waals surface area contributed by atoms with Gasteiger partial charge >= 0.3 is 0 Å². The van der Waals surface area contributed by atoms with Crippen LogP contribution in [0.1, 0.15) is 12.7 Å². The van der Waals surface area contributed by atoms with Gasteiger partial charge in [0.15, 0.2) is 0 Å². The number of fused-ring (bicyclic) bond motifs is 1. The number of hydrogen-bond acceptors (Lipinski definition) is 5. The lowest BCUT2D eigenvalue weighted by molar-refractivity contribution is -0.118. The average Bonchev–Trinajstić information content (AvgIpc) is 2.77. The minimum absolute atomic E-state index is 0.0528. The van der Waals surface area contributed by atoms with Crippen molar-refractivity contribution in [2.45, 2.75) is 13.5 Å². The Labute approximate surface area is 107 Å². The van der Waals surface area contributed by atoms with E-state index < -0.39 is 0 Å². The number of H-pyrrole nitrogens is 1. The summed E-state index contributed by atoms with van der Waals surface area (Å²) in [5.41, 5.74) is 0.621. The normalized spacial score (nSPS) is 10.7. The van der Waals surface area contributed by atoms with Gasteiger partial charge in [-0.3, -0.25) is 9.59 Å². The summed E-state index contributed by atoms with van der Waals surface area (Å²) in [5, 5.41) is 7.62. The number of nitrogens with zero attached hydrogens (tertiary/aromatic N) is 1. The van der Waals surface area contributed by atoms with Crippen molar-refractivity contribution in [1.29, 1.82) is 0 Å². The summed E-state index contributed by atoms with van der Waals surface area (Å²) in [6.45, 7) is 3.13. The SMILES string of the molecule is CC(=O)NCCNCc1nc2ccsc2c(=O)[nH]1. The molecule has 0 aliphatic rings. The molecular weight excluding hydrogens is 252 g/mol. The molecule has 0 atom stereocenters. The summed E-state index contributed by atoms with van der Waals surface area (Å²) in [6, 6.07) is 1.83. The molecule has 0 unspecified atom stereocenters. The lowest BCUT2D eigenvalue weighted by Gasteiger charge is -2.04. The van der Waals surface area contributed by atoms with Crippen molar-refractivity contribution >= 4 is 27.5 Å². The maximum Gasteiger partial charge on any atom is 0.268 e. The zero-order chi connectivity index (χ0) is 13.0. The molecule has 0 radical (unpaired) electrons. The van der Waals surface area contributed by atoms with Gasteiger partial charge in [-0.25, -0.2) is 4.98 Å². The van der Waals surface area contributed by atoms with Crippen LogP contribution in [0.3, 0.4) is 0 Å². The van der Waals surface area contributed by atoms with E-state index in [1.54, 1.807) is 0 Å². The molecule has 2 aromatic heterocycles. The number of aromatic nitrogens is 2. The van der Waals surface area contributed by atoms with E-state index in [0.29, 0.717) is 30.2 Å². The molecule has 3 N–H and O–H groups in total. The Morgan fingerprint density at radius 3 is 3.11 bits per heavy atom. The van der Waals surface area contributed by atoms with Crippen LogP contribution in [0.15, 0.2) is 16.2 Å². The molecule has 0 saturated heterocycles. The summed E-state index contributed by atoms with van der Waals surface area (Å²) in [5.74, 6) is 0.553. The van der Waals surface area contributed by atoms with Crippen LogP contribution in [0.2, 0.25) is 0 Å². The Hall–Kier alpha value is -1.73. The van der Waals surface area contributed by atoms with Gasteiger partial charge in [-0.15, -0.1) is 11.3 Å². The molecule has 7 heteroatoms. The molecule has 0 aliphatic heterocycles. The average molecular weight is 266 g/mol. The van der Waals surface area contributed by atoms with Crippen molar-refractivity contribution in [1.82, 2.24) is 20.6 Å². The van der Waals surface area contributed by atoms with Crippen molar-refractivity contribution in [3.05, 3.63) is 27.6 Å². The molecule has 0 saturated carbocycles. The molecule has 0 aromatic carbocycles. The highest BCUT2D eigenvalue weighted by atomic mass is 32.1. The van der Waals surface area contributed by atoms with Crippen LogP contribution in [0.4, 0.5) is 0 Å². The zero-order valence-electron chi connectivity index (χ0n) is 9.95. The van der Waals surface area contributed by atoms with Crippen LogP contribution >= 0.6 is 11.3 Å². The molecule has 1 amide bonds. The Bertz CT molecular complexity index is 604. The highest BCUT2D eigenvalue weighted by molar-refractivity contribution is 7.17. The molecule has 18 heavy (non-hydrogen) atoms. The third-order valence-electron chi connectivity index (χ3n) is 2.33. The first-order chi connectivity index (χ1) is 8.66. The van der Waals surface area contributed by atoms with Crippen LogP contribution < -0.4 is 16.2 Å². The van der Waals surface area contributed by atoms with E-state index >= 15 is 0 Å². The molecule has 6 nitrogen and oxygen atoms in total. The van der Waals surface area contributed by atoms with Crippen molar-refractivity contribution in [3.63, 3.8) is 0 Å². The van der Waals surface area contributed by atoms with Gasteiger partial charge < -0.3 is 15.6 Å². The second-order valence-electron chi connectivity index (χ2n) is 3.81. The van der Waals surface area contributed by atoms with E-state index in [-0.39, 0.29) is 11.5 Å². The molecule has 0 aliphatic carbocycles. The van der Waals surface area contributed by atoms with Crippen LogP contribution in [-0.2, 0) is 11.3 Å². The van der Waals surface area contributed by atoms with Gasteiger partial charge in [0.2, 0.25) is 5.91 Å². The largest absolute Gasteiger partial charge is 0.355 e. The number of carbonyl (C=O) groups is 1. The first-order valence-electron chi connectivity index (χ1n) is 5.58. The number of nitrogens with one attached hydrogen (secondary N) is 3. The Balaban J connectivity index is 1.91. The standard InChI is InChI=1S/C11H14N4O2S/c1-7(16)13-4-3-12-6-9-14-8-2-5-18-10(8)11(17)15-9/h2,5,12H,3-4,6H2,1H3,(H,13,16)(H,14,15,17). The highest BCUT2D eigenvalue weighted by Crippen LogP contribution is 2.13. The first-order valence-corrected chi connectivity index (χ1v) is 6.46. The lowest BCUT2D eigenvalue weighted by atomic mass is 10.4. The first kappa shape index (κ1) is 12.7. The molecule has 0 fully saturated rings. The zero-order valence-corrected chi connectivity index (χ0v) is 10.8. The van der Waals surface area contributed by atoms with Crippen molar-refractivity contribution in [2.75, 3.05) is 13.1 Å². The van der Waals surface area contributed by atoms with Crippen molar-refractivity contribution < 1.29 is 4.79 Å². The topological polar surface area (TPSA) is 86.9 Å². The maximum atomic E-state index is 11.7. The second kappa shape index (κ2) is 5.74. The van der Waals surface area contributed by atoms with Gasteiger partial charge in [0.05, 0.1) is 12.1 Å². The van der Waals surface area contributed by atoms with Gasteiger partial charge in [-0.2, -0.15) is 0 Å². The predicted octanol–water partition coefficient (Wildman–Crippen LogP) is 0.210. The third kappa shape index (κ3) is 3.14. The summed E-state index contributed by atoms with van der Waals surface area (Å²) in [7, 11) is 0. The fourth-order valence-corrected chi connectivity index (χ4v) is 2.26. The summed E-state index contributed by atoms with van der Waals surface area (Å²) in [4.78, 5) is 29.4. The smallest absolute Gasteiger partial charge is 0.268 e. The minimum atomic E-state index is -0.103. The summed E-state index contributed by atoms with van der Waals surface area (Å²) < 4.78 is 0.650. The minimum Gasteiger partial charge on any atom is -0.355 e. The van der Waals surface area contributed by atoms with E-state index in [4.69, 9.17) is 0 Å². The van der Waals surface area contributed by atoms with E-state index in [1.165, 1.54) is 18.3 Å². The van der Waals surface area contributed by atoms with Crippen LogP contribution in [-0.4, -0.2) is 29.0 Å². The van der Waals surface area contributed by atoms with E-state index in [0.717, 1.165) is 5.52 Å². The van der Waals surface area contributed by atoms with Gasteiger partial charge in [0, 0.05) is 20.0 Å². The molecule has 2 heterocycles. The molecule has 0 bridgehead atoms. The van der Waals surface area contributed by atoms with Gasteiger partial charge in [0.1, 0.15) is 10.5 Å². The second-order valence-corrected chi connectivity index (χ2v) is 4.72. The number of hydrogen-bond donors (Lipinski definition) is 3. The molecule has 2 rings (SSSR count). The Kier molecular flexibility index (Phi) is 4.06. The fourth-order valence-electron chi connectivity index (χ4n) is 1.54. The quantitative estimate of drug-likeness (QED) is 0.675. The predicted molar refractivity (Wildman–Crippen MR) is 70.6 cm³/mol. The number of aromatic amines is 1. The number of amides is 1. The van der Waals surface area contributed by atoms with E-state index in [2.05, 4.69) is 20.6 Å². The van der Waals surface area contributed by atoms with Gasteiger partial charge in [-0.05, 0) is 11.4 Å². The molecular formula is C11H14N4O2S. The van der Waals surface area contributed by atoms with Crippen LogP contribution in [0, 0.1) is 0 Å². The van der Waals surface area contributed by atoms with Crippen molar-refractivity contribution in [3.8, 4) is 0 Å². The van der Waals surface area contributed by atoms with E-state index in [1.807, 2.05) is 11.4 Å². The highest BCUT2D eigenvalue weighted by Gasteiger charge is 2.04. The lowest BCUT2D eigenvalue weighted by Crippen LogP contribution is -2.30. The number of thiophene rings is 1. The summed E-state index contributed by atoms with van der Waals surface area (Å²) >= 11 is 1.38. The Morgan fingerprint density at radius 1 is 1.50 bits per heavy atom. The fraction of sp³-hybridized carbons (Fsp3) is 0.364. The monoisotopic (exact) mass is 266 g/mol. The maximum absolute atomic E-state index is 11.7. The Morgan fingerprint density at radius 2 is 2.33 bits per heavy atom. The number of rotatable bonds is 5. The molecule has 96 valence electrons. The van der Waals surface area contributed by atoms with Crippen LogP contribution in [0.25, 0.3) is 10.2 Å². The molecule has 2 aromatic rings.